The molecule has 0 amide bonds. The third kappa shape index (κ3) is 2.79. The van der Waals surface area contributed by atoms with Gasteiger partial charge in [-0.15, -0.1) is 0 Å². The second kappa shape index (κ2) is 4.77. The molecule has 15 heavy (non-hydrogen) atoms. The van der Waals surface area contributed by atoms with Gasteiger partial charge >= 0.3 is 0 Å². The maximum Gasteiger partial charge on any atom is 0.0883 e. The summed E-state index contributed by atoms with van der Waals surface area (Å²) < 4.78 is 1.85. The second-order valence-electron chi connectivity index (χ2n) is 4.63. The van der Waals surface area contributed by atoms with Crippen molar-refractivity contribution in [2.45, 2.75) is 39.8 Å². The van der Waals surface area contributed by atoms with Crippen LogP contribution in [0.2, 0.25) is 0 Å². The molecule has 4 heteroatoms. The van der Waals surface area contributed by atoms with Gasteiger partial charge in [0.15, 0.2) is 0 Å². The monoisotopic (exact) mass is 211 g/mol. The number of aliphatic hydroxyl groups is 1. The van der Waals surface area contributed by atoms with Gasteiger partial charge in [0.1, 0.15) is 0 Å². The van der Waals surface area contributed by atoms with Crippen molar-refractivity contribution in [1.29, 1.82) is 0 Å². The number of aromatic nitrogens is 2. The van der Waals surface area contributed by atoms with E-state index in [4.69, 9.17) is 5.73 Å². The minimum Gasteiger partial charge on any atom is -0.388 e. The minimum absolute atomic E-state index is 0.305. The first-order valence-electron chi connectivity index (χ1n) is 5.41. The molecule has 0 bridgehead atoms. The molecule has 0 radical (unpaired) electrons. The van der Waals surface area contributed by atoms with E-state index in [2.05, 4.69) is 12.0 Å². The largest absolute Gasteiger partial charge is 0.388 e. The van der Waals surface area contributed by atoms with E-state index in [1.807, 2.05) is 24.7 Å². The van der Waals surface area contributed by atoms with Crippen molar-refractivity contribution in [3.8, 4) is 0 Å². The highest BCUT2D eigenvalue weighted by Crippen LogP contribution is 2.31. The Kier molecular flexibility index (Phi) is 3.88. The summed E-state index contributed by atoms with van der Waals surface area (Å²) in [5.74, 6) is 0. The Morgan fingerprint density at radius 3 is 2.80 bits per heavy atom. The van der Waals surface area contributed by atoms with Crippen LogP contribution >= 0.6 is 0 Å². The molecule has 0 fully saturated rings. The Hall–Kier alpha value is -0.870. The maximum atomic E-state index is 10.1. The number of hydrogen-bond donors (Lipinski definition) is 2. The van der Waals surface area contributed by atoms with Crippen molar-refractivity contribution in [2.75, 3.05) is 6.54 Å². The van der Waals surface area contributed by atoms with Gasteiger partial charge in [-0.05, 0) is 6.42 Å². The zero-order valence-corrected chi connectivity index (χ0v) is 9.77. The standard InChI is InChI=1S/C11H21N3O/c1-4-5-14-7-9(6-13-14)10(15)11(2,3)8-12/h6-7,10,15H,4-5,8,12H2,1-3H3. The highest BCUT2D eigenvalue weighted by Gasteiger charge is 2.28. The molecule has 4 nitrogen and oxygen atoms in total. The Bertz CT molecular complexity index is 307. The van der Waals surface area contributed by atoms with E-state index in [-0.39, 0.29) is 5.41 Å². The zero-order chi connectivity index (χ0) is 11.5. The van der Waals surface area contributed by atoms with Crippen LogP contribution in [0, 0.1) is 5.41 Å². The van der Waals surface area contributed by atoms with E-state index in [1.165, 1.54) is 0 Å². The van der Waals surface area contributed by atoms with Crippen LogP contribution in [-0.4, -0.2) is 21.4 Å². The van der Waals surface area contributed by atoms with Crippen molar-refractivity contribution in [1.82, 2.24) is 9.78 Å². The Morgan fingerprint density at radius 1 is 1.60 bits per heavy atom. The number of aliphatic hydroxyl groups excluding tert-OH is 1. The van der Waals surface area contributed by atoms with Gasteiger partial charge in [-0.2, -0.15) is 5.10 Å². The number of aryl methyl sites for hydroxylation is 1. The van der Waals surface area contributed by atoms with Crippen molar-refractivity contribution in [3.05, 3.63) is 18.0 Å². The van der Waals surface area contributed by atoms with Crippen LogP contribution in [0.15, 0.2) is 12.4 Å². The van der Waals surface area contributed by atoms with Gasteiger partial charge in [-0.3, -0.25) is 4.68 Å². The van der Waals surface area contributed by atoms with E-state index in [1.54, 1.807) is 6.20 Å². The molecule has 0 aromatic carbocycles. The van der Waals surface area contributed by atoms with E-state index < -0.39 is 6.10 Å². The molecule has 0 aliphatic rings. The molecule has 1 heterocycles. The van der Waals surface area contributed by atoms with Crippen molar-refractivity contribution in [3.63, 3.8) is 0 Å². The first-order valence-corrected chi connectivity index (χ1v) is 5.41. The molecular weight excluding hydrogens is 190 g/mol. The maximum absolute atomic E-state index is 10.1. The van der Waals surface area contributed by atoms with E-state index >= 15 is 0 Å². The lowest BCUT2D eigenvalue weighted by Gasteiger charge is -2.27. The number of nitrogens with two attached hydrogens (primary N) is 1. The van der Waals surface area contributed by atoms with Crippen LogP contribution in [0.3, 0.4) is 0 Å². The van der Waals surface area contributed by atoms with Gasteiger partial charge < -0.3 is 10.8 Å². The molecule has 1 aromatic heterocycles. The van der Waals surface area contributed by atoms with Crippen molar-refractivity contribution < 1.29 is 5.11 Å². The SMILES string of the molecule is CCCn1cc(C(O)C(C)(C)CN)cn1. The molecule has 0 saturated heterocycles. The summed E-state index contributed by atoms with van der Waals surface area (Å²) in [5.41, 5.74) is 6.16. The summed E-state index contributed by atoms with van der Waals surface area (Å²) in [6, 6.07) is 0. The fraction of sp³-hybridized carbons (Fsp3) is 0.727. The van der Waals surface area contributed by atoms with Gasteiger partial charge in [0.05, 0.1) is 12.3 Å². The summed E-state index contributed by atoms with van der Waals surface area (Å²) in [6.07, 6.45) is 4.11. The summed E-state index contributed by atoms with van der Waals surface area (Å²) in [4.78, 5) is 0. The van der Waals surface area contributed by atoms with Crippen LogP contribution < -0.4 is 5.73 Å². The molecule has 0 aliphatic heterocycles. The minimum atomic E-state index is -0.548. The Balaban J connectivity index is 2.78. The van der Waals surface area contributed by atoms with Crippen LogP contribution in [0.4, 0.5) is 0 Å². The van der Waals surface area contributed by atoms with E-state index in [0.29, 0.717) is 6.54 Å². The quantitative estimate of drug-likeness (QED) is 0.772. The molecule has 1 rings (SSSR count). The smallest absolute Gasteiger partial charge is 0.0883 e. The summed E-state index contributed by atoms with van der Waals surface area (Å²) in [7, 11) is 0. The van der Waals surface area contributed by atoms with E-state index in [0.717, 1.165) is 18.5 Å². The molecule has 3 N–H and O–H groups in total. The molecule has 86 valence electrons. The Labute approximate surface area is 91.1 Å². The summed E-state index contributed by atoms with van der Waals surface area (Å²) in [6.45, 7) is 7.34. The van der Waals surface area contributed by atoms with Gasteiger partial charge in [0, 0.05) is 30.3 Å². The topological polar surface area (TPSA) is 64.1 Å². The molecular formula is C11H21N3O. The average molecular weight is 211 g/mol. The fourth-order valence-corrected chi connectivity index (χ4v) is 1.43. The second-order valence-corrected chi connectivity index (χ2v) is 4.63. The van der Waals surface area contributed by atoms with Crippen molar-refractivity contribution >= 4 is 0 Å². The van der Waals surface area contributed by atoms with Crippen LogP contribution in [0.25, 0.3) is 0 Å². The highest BCUT2D eigenvalue weighted by atomic mass is 16.3. The lowest BCUT2D eigenvalue weighted by Crippen LogP contribution is -2.30. The average Bonchev–Trinajstić information content (AvgIpc) is 2.66. The third-order valence-electron chi connectivity index (χ3n) is 2.69. The van der Waals surface area contributed by atoms with Gasteiger partial charge in [-0.1, -0.05) is 20.8 Å². The highest BCUT2D eigenvalue weighted by molar-refractivity contribution is 5.11. The number of rotatable bonds is 5. The summed E-state index contributed by atoms with van der Waals surface area (Å²) >= 11 is 0. The fourth-order valence-electron chi connectivity index (χ4n) is 1.43. The van der Waals surface area contributed by atoms with Gasteiger partial charge in [-0.25, -0.2) is 0 Å². The number of hydrogen-bond acceptors (Lipinski definition) is 3. The Morgan fingerprint density at radius 2 is 2.27 bits per heavy atom. The molecule has 0 aliphatic carbocycles. The lowest BCUT2D eigenvalue weighted by atomic mass is 9.84. The third-order valence-corrected chi connectivity index (χ3v) is 2.69. The van der Waals surface area contributed by atoms with E-state index in [9.17, 15) is 5.11 Å². The normalized spacial score (nSPS) is 14.2. The molecule has 0 saturated carbocycles. The molecule has 0 spiro atoms. The molecule has 1 atom stereocenters. The lowest BCUT2D eigenvalue weighted by molar-refractivity contribution is 0.0554. The van der Waals surface area contributed by atoms with Gasteiger partial charge in [0.25, 0.3) is 0 Å². The van der Waals surface area contributed by atoms with Crippen LogP contribution in [0.5, 0.6) is 0 Å². The predicted octanol–water partition coefficient (Wildman–Crippen LogP) is 1.31. The van der Waals surface area contributed by atoms with Crippen molar-refractivity contribution in [2.24, 2.45) is 11.1 Å². The number of nitrogens with zero attached hydrogens (tertiary/aromatic N) is 2. The summed E-state index contributed by atoms with van der Waals surface area (Å²) in [5, 5.41) is 14.3. The zero-order valence-electron chi connectivity index (χ0n) is 9.77. The van der Waals surface area contributed by atoms with Gasteiger partial charge in [0.2, 0.25) is 0 Å². The van der Waals surface area contributed by atoms with Crippen LogP contribution in [-0.2, 0) is 6.54 Å². The first kappa shape index (κ1) is 12.2. The van der Waals surface area contributed by atoms with Crippen LogP contribution in [0.1, 0.15) is 38.9 Å². The first-order chi connectivity index (χ1) is 7.01. The molecule has 1 aromatic rings. The predicted molar refractivity (Wildman–Crippen MR) is 60.3 cm³/mol. The molecule has 1 unspecified atom stereocenters.